The maximum absolute atomic E-state index is 3.95. The van der Waals surface area contributed by atoms with Gasteiger partial charge in [-0.3, -0.25) is 4.98 Å². The summed E-state index contributed by atoms with van der Waals surface area (Å²) in [5.41, 5.74) is 1.19. The fourth-order valence-electron chi connectivity index (χ4n) is 1.05. The van der Waals surface area contributed by atoms with Crippen LogP contribution in [0.2, 0.25) is 0 Å². The second-order valence-corrected chi connectivity index (χ2v) is 3.06. The highest BCUT2D eigenvalue weighted by Gasteiger charge is 2.20. The molecule has 1 heterocycles. The van der Waals surface area contributed by atoms with E-state index >= 15 is 0 Å². The maximum atomic E-state index is 3.95. The van der Waals surface area contributed by atoms with Crippen LogP contribution >= 0.6 is 0 Å². The molecule has 1 fully saturated rings. The first-order chi connectivity index (χ1) is 5.45. The lowest BCUT2D eigenvalue weighted by Crippen LogP contribution is -2.02. The van der Waals surface area contributed by atoms with E-state index in [1.54, 1.807) is 0 Å². The Bertz CT molecular complexity index is 216. The van der Waals surface area contributed by atoms with Crippen LogP contribution in [0.25, 0.3) is 0 Å². The molecule has 2 heteroatoms. The standard InChI is InChI=1S/C9H12N2/c1-2-8(1)7-11-9-3-5-10-6-4-9/h3-6,8H,1-2,7H2,(H,10,11). The first-order valence-electron chi connectivity index (χ1n) is 4.09. The van der Waals surface area contributed by atoms with Crippen LogP contribution < -0.4 is 5.32 Å². The molecule has 0 aliphatic heterocycles. The van der Waals surface area contributed by atoms with E-state index in [-0.39, 0.29) is 0 Å². The average molecular weight is 148 g/mol. The first-order valence-corrected chi connectivity index (χ1v) is 4.09. The van der Waals surface area contributed by atoms with Gasteiger partial charge in [-0.05, 0) is 30.9 Å². The summed E-state index contributed by atoms with van der Waals surface area (Å²) < 4.78 is 0. The summed E-state index contributed by atoms with van der Waals surface area (Å²) in [6.45, 7) is 1.13. The summed E-state index contributed by atoms with van der Waals surface area (Å²) in [5.74, 6) is 0.933. The molecular formula is C9H12N2. The third-order valence-electron chi connectivity index (χ3n) is 1.97. The third-order valence-corrected chi connectivity index (χ3v) is 1.97. The predicted molar refractivity (Wildman–Crippen MR) is 45.5 cm³/mol. The van der Waals surface area contributed by atoms with Crippen LogP contribution in [-0.4, -0.2) is 11.5 Å². The van der Waals surface area contributed by atoms with E-state index in [1.807, 2.05) is 24.5 Å². The summed E-state index contributed by atoms with van der Waals surface area (Å²) in [6.07, 6.45) is 6.43. The highest BCUT2D eigenvalue weighted by atomic mass is 14.9. The van der Waals surface area contributed by atoms with E-state index in [2.05, 4.69) is 10.3 Å². The number of nitrogens with one attached hydrogen (secondary N) is 1. The Morgan fingerprint density at radius 3 is 2.73 bits per heavy atom. The lowest BCUT2D eigenvalue weighted by Gasteiger charge is -2.02. The van der Waals surface area contributed by atoms with Gasteiger partial charge in [0, 0.05) is 24.6 Å². The molecule has 0 aromatic carbocycles. The summed E-state index contributed by atoms with van der Waals surface area (Å²) in [7, 11) is 0. The van der Waals surface area contributed by atoms with E-state index in [0.717, 1.165) is 12.5 Å². The minimum atomic E-state index is 0.933. The number of rotatable bonds is 3. The summed E-state index contributed by atoms with van der Waals surface area (Å²) in [4.78, 5) is 3.95. The minimum absolute atomic E-state index is 0.933. The maximum Gasteiger partial charge on any atom is 0.0371 e. The van der Waals surface area contributed by atoms with Crippen molar-refractivity contribution in [2.75, 3.05) is 11.9 Å². The third kappa shape index (κ3) is 1.93. The van der Waals surface area contributed by atoms with E-state index in [9.17, 15) is 0 Å². The van der Waals surface area contributed by atoms with Gasteiger partial charge in [0.15, 0.2) is 0 Å². The predicted octanol–water partition coefficient (Wildman–Crippen LogP) is 1.90. The van der Waals surface area contributed by atoms with E-state index in [1.165, 1.54) is 18.5 Å². The van der Waals surface area contributed by atoms with Gasteiger partial charge in [0.25, 0.3) is 0 Å². The van der Waals surface area contributed by atoms with E-state index in [0.29, 0.717) is 0 Å². The lowest BCUT2D eigenvalue weighted by molar-refractivity contribution is 0.889. The zero-order valence-electron chi connectivity index (χ0n) is 6.46. The van der Waals surface area contributed by atoms with Crippen molar-refractivity contribution in [1.82, 2.24) is 4.98 Å². The fourth-order valence-corrected chi connectivity index (χ4v) is 1.05. The van der Waals surface area contributed by atoms with Gasteiger partial charge in [-0.15, -0.1) is 0 Å². The summed E-state index contributed by atoms with van der Waals surface area (Å²) in [5, 5.41) is 3.37. The van der Waals surface area contributed by atoms with Gasteiger partial charge in [0.05, 0.1) is 0 Å². The molecule has 0 atom stereocenters. The molecule has 58 valence electrons. The van der Waals surface area contributed by atoms with Crippen molar-refractivity contribution in [3.8, 4) is 0 Å². The Morgan fingerprint density at radius 2 is 2.09 bits per heavy atom. The minimum Gasteiger partial charge on any atom is -0.385 e. The van der Waals surface area contributed by atoms with Gasteiger partial charge in [-0.1, -0.05) is 0 Å². The number of anilines is 1. The molecule has 0 spiro atoms. The topological polar surface area (TPSA) is 24.9 Å². The number of aromatic nitrogens is 1. The Kier molecular flexibility index (Phi) is 1.76. The molecule has 1 aliphatic rings. The molecule has 0 radical (unpaired) electrons. The molecule has 0 unspecified atom stereocenters. The van der Waals surface area contributed by atoms with Crippen molar-refractivity contribution in [1.29, 1.82) is 0 Å². The monoisotopic (exact) mass is 148 g/mol. The molecule has 1 N–H and O–H groups in total. The molecule has 2 rings (SSSR count). The van der Waals surface area contributed by atoms with Gasteiger partial charge in [0.1, 0.15) is 0 Å². The second kappa shape index (κ2) is 2.91. The van der Waals surface area contributed by atoms with Crippen LogP contribution in [0, 0.1) is 5.92 Å². The van der Waals surface area contributed by atoms with Crippen LogP contribution in [0.5, 0.6) is 0 Å². The Labute approximate surface area is 66.7 Å². The molecular weight excluding hydrogens is 136 g/mol. The van der Waals surface area contributed by atoms with E-state index in [4.69, 9.17) is 0 Å². The van der Waals surface area contributed by atoms with Crippen molar-refractivity contribution >= 4 is 5.69 Å². The van der Waals surface area contributed by atoms with Crippen LogP contribution in [0.1, 0.15) is 12.8 Å². The van der Waals surface area contributed by atoms with Gasteiger partial charge in [-0.25, -0.2) is 0 Å². The van der Waals surface area contributed by atoms with Gasteiger partial charge in [-0.2, -0.15) is 0 Å². The molecule has 0 amide bonds. The van der Waals surface area contributed by atoms with Crippen molar-refractivity contribution in [2.45, 2.75) is 12.8 Å². The zero-order valence-corrected chi connectivity index (χ0v) is 6.46. The Hall–Kier alpha value is -1.05. The van der Waals surface area contributed by atoms with E-state index < -0.39 is 0 Å². The lowest BCUT2D eigenvalue weighted by atomic mass is 10.3. The summed E-state index contributed by atoms with van der Waals surface area (Å²) in [6, 6.07) is 4.00. The Morgan fingerprint density at radius 1 is 1.36 bits per heavy atom. The molecule has 1 saturated carbocycles. The number of pyridine rings is 1. The normalized spacial score (nSPS) is 16.4. The molecule has 0 bridgehead atoms. The fraction of sp³-hybridized carbons (Fsp3) is 0.444. The number of hydrogen-bond donors (Lipinski definition) is 1. The molecule has 1 aromatic rings. The van der Waals surface area contributed by atoms with Crippen LogP contribution in [0.3, 0.4) is 0 Å². The van der Waals surface area contributed by atoms with Gasteiger partial charge < -0.3 is 5.32 Å². The highest BCUT2D eigenvalue weighted by Crippen LogP contribution is 2.28. The molecule has 1 aliphatic carbocycles. The number of nitrogens with zero attached hydrogens (tertiary/aromatic N) is 1. The van der Waals surface area contributed by atoms with Crippen LogP contribution in [-0.2, 0) is 0 Å². The smallest absolute Gasteiger partial charge is 0.0371 e. The number of hydrogen-bond acceptors (Lipinski definition) is 2. The SMILES string of the molecule is c1cc(NCC2CC2)ccn1. The van der Waals surface area contributed by atoms with Crippen molar-refractivity contribution in [3.05, 3.63) is 24.5 Å². The van der Waals surface area contributed by atoms with Crippen molar-refractivity contribution in [2.24, 2.45) is 5.92 Å². The van der Waals surface area contributed by atoms with Crippen molar-refractivity contribution < 1.29 is 0 Å². The largest absolute Gasteiger partial charge is 0.385 e. The van der Waals surface area contributed by atoms with Gasteiger partial charge in [0.2, 0.25) is 0 Å². The second-order valence-electron chi connectivity index (χ2n) is 3.06. The summed E-state index contributed by atoms with van der Waals surface area (Å²) >= 11 is 0. The zero-order chi connectivity index (χ0) is 7.52. The van der Waals surface area contributed by atoms with Crippen LogP contribution in [0.15, 0.2) is 24.5 Å². The average Bonchev–Trinajstić information content (AvgIpc) is 2.86. The van der Waals surface area contributed by atoms with Crippen molar-refractivity contribution in [3.63, 3.8) is 0 Å². The van der Waals surface area contributed by atoms with Gasteiger partial charge >= 0.3 is 0 Å². The quantitative estimate of drug-likeness (QED) is 0.708. The molecule has 1 aromatic heterocycles. The first kappa shape index (κ1) is 6.65. The molecule has 0 saturated heterocycles. The Balaban J connectivity index is 1.85. The molecule has 11 heavy (non-hydrogen) atoms. The highest BCUT2D eigenvalue weighted by molar-refractivity contribution is 5.40. The molecule has 2 nitrogen and oxygen atoms in total. The van der Waals surface area contributed by atoms with Crippen LogP contribution in [0.4, 0.5) is 5.69 Å².